The molecule has 1 saturated carbocycles. The van der Waals surface area contributed by atoms with Crippen LogP contribution in [-0.4, -0.2) is 22.5 Å². The van der Waals surface area contributed by atoms with Gasteiger partial charge in [-0.2, -0.15) is 0 Å². The Balaban J connectivity index is 1.62. The van der Waals surface area contributed by atoms with Gasteiger partial charge in [-0.25, -0.2) is 13.9 Å². The highest BCUT2D eigenvalue weighted by atomic mass is 16.2. The number of hydrogen-bond donors (Lipinski definition) is 2. The van der Waals surface area contributed by atoms with Crippen LogP contribution in [0.3, 0.4) is 0 Å². The van der Waals surface area contributed by atoms with Crippen molar-refractivity contribution in [1.29, 1.82) is 0 Å². The maximum absolute atomic E-state index is 12.2. The molecule has 0 aliphatic heterocycles. The van der Waals surface area contributed by atoms with E-state index in [9.17, 15) is 9.59 Å². The predicted molar refractivity (Wildman–Crippen MR) is 92.1 cm³/mol. The minimum Gasteiger partial charge on any atom is -0.335 e. The van der Waals surface area contributed by atoms with Crippen LogP contribution in [0.4, 0.5) is 4.79 Å². The van der Waals surface area contributed by atoms with Crippen LogP contribution in [0.1, 0.15) is 32.1 Å². The molecular weight excluding hydrogens is 304 g/mol. The van der Waals surface area contributed by atoms with Crippen LogP contribution in [0.2, 0.25) is 0 Å². The number of hydrogen-bond acceptors (Lipinski definition) is 2. The van der Waals surface area contributed by atoms with Crippen molar-refractivity contribution in [2.75, 3.05) is 0 Å². The fourth-order valence-corrected chi connectivity index (χ4v) is 3.26. The molecule has 0 saturated heterocycles. The molecule has 1 aliphatic rings. The molecule has 0 unspecified atom stereocenters. The van der Waals surface area contributed by atoms with Crippen molar-refractivity contribution in [2.45, 2.75) is 44.7 Å². The van der Waals surface area contributed by atoms with Gasteiger partial charge in [-0.05, 0) is 25.0 Å². The number of imide groups is 1. The van der Waals surface area contributed by atoms with E-state index in [1.54, 1.807) is 17.1 Å². The number of nitrogens with zero attached hydrogens (tertiary/aromatic N) is 2. The summed E-state index contributed by atoms with van der Waals surface area (Å²) in [5.74, 6) is -0.333. The van der Waals surface area contributed by atoms with Gasteiger partial charge in [-0.3, -0.25) is 10.1 Å². The molecule has 2 N–H and O–H groups in total. The Labute approximate surface area is 141 Å². The summed E-state index contributed by atoms with van der Waals surface area (Å²) in [6, 6.07) is 7.53. The van der Waals surface area contributed by atoms with E-state index in [2.05, 4.69) is 17.2 Å². The third-order valence-corrected chi connectivity index (χ3v) is 4.44. The molecule has 3 amide bonds. The third-order valence-electron chi connectivity index (χ3n) is 4.44. The smallest absolute Gasteiger partial charge is 0.321 e. The zero-order chi connectivity index (χ0) is 16.9. The predicted octanol–water partition coefficient (Wildman–Crippen LogP) is 2.19. The number of carbonyl (C=O) groups is 2. The quantitative estimate of drug-likeness (QED) is 0.845. The SMILES string of the molecule is C=Cn1c[n+](CC(=O)NC(=O)NC2CCCCC2)c2ccccc21. The summed E-state index contributed by atoms with van der Waals surface area (Å²) >= 11 is 0. The first-order chi connectivity index (χ1) is 11.7. The van der Waals surface area contributed by atoms with Crippen LogP contribution in [0.25, 0.3) is 17.2 Å². The van der Waals surface area contributed by atoms with Crippen molar-refractivity contribution < 1.29 is 14.2 Å². The molecule has 6 heteroatoms. The second-order valence-electron chi connectivity index (χ2n) is 6.18. The van der Waals surface area contributed by atoms with Crippen LogP contribution >= 0.6 is 0 Å². The average Bonchev–Trinajstić information content (AvgIpc) is 2.93. The molecular formula is C18H23N4O2+. The molecule has 0 bridgehead atoms. The summed E-state index contributed by atoms with van der Waals surface area (Å²) in [7, 11) is 0. The van der Waals surface area contributed by atoms with E-state index in [4.69, 9.17) is 0 Å². The minimum absolute atomic E-state index is 0.0828. The van der Waals surface area contributed by atoms with Crippen LogP contribution < -0.4 is 15.2 Å². The van der Waals surface area contributed by atoms with Crippen molar-refractivity contribution in [1.82, 2.24) is 15.2 Å². The van der Waals surface area contributed by atoms with E-state index in [0.29, 0.717) is 0 Å². The molecule has 1 heterocycles. The van der Waals surface area contributed by atoms with Gasteiger partial charge in [0.1, 0.15) is 0 Å². The minimum atomic E-state index is -0.403. The van der Waals surface area contributed by atoms with Crippen LogP contribution in [-0.2, 0) is 11.3 Å². The van der Waals surface area contributed by atoms with Crippen molar-refractivity contribution >= 4 is 29.2 Å². The number of carbonyl (C=O) groups excluding carboxylic acids is 2. The summed E-state index contributed by atoms with van der Waals surface area (Å²) in [4.78, 5) is 24.1. The number of urea groups is 1. The molecule has 1 aromatic carbocycles. The van der Waals surface area contributed by atoms with Crippen molar-refractivity contribution in [3.05, 3.63) is 37.2 Å². The topological polar surface area (TPSA) is 67.0 Å². The van der Waals surface area contributed by atoms with Crippen LogP contribution in [0.15, 0.2) is 37.2 Å². The molecule has 1 aromatic heterocycles. The first kappa shape index (κ1) is 16.2. The van der Waals surface area contributed by atoms with E-state index in [1.165, 1.54) is 6.42 Å². The van der Waals surface area contributed by atoms with Gasteiger partial charge in [-0.1, -0.05) is 38.0 Å². The largest absolute Gasteiger partial charge is 0.335 e. The van der Waals surface area contributed by atoms with Crippen molar-refractivity contribution in [3.8, 4) is 0 Å². The number of imidazole rings is 1. The fourth-order valence-electron chi connectivity index (χ4n) is 3.26. The first-order valence-corrected chi connectivity index (χ1v) is 8.39. The monoisotopic (exact) mass is 327 g/mol. The van der Waals surface area contributed by atoms with Crippen molar-refractivity contribution in [3.63, 3.8) is 0 Å². The van der Waals surface area contributed by atoms with E-state index in [0.717, 1.165) is 36.7 Å². The highest BCUT2D eigenvalue weighted by molar-refractivity contribution is 5.93. The number of rotatable bonds is 4. The lowest BCUT2D eigenvalue weighted by Crippen LogP contribution is -2.49. The molecule has 126 valence electrons. The first-order valence-electron chi connectivity index (χ1n) is 8.39. The van der Waals surface area contributed by atoms with E-state index >= 15 is 0 Å². The lowest BCUT2D eigenvalue weighted by atomic mass is 9.96. The molecule has 3 rings (SSSR count). The van der Waals surface area contributed by atoms with Crippen LogP contribution in [0.5, 0.6) is 0 Å². The number of aromatic nitrogens is 2. The number of fused-ring (bicyclic) bond motifs is 1. The van der Waals surface area contributed by atoms with Gasteiger partial charge in [0.2, 0.25) is 6.33 Å². The van der Waals surface area contributed by atoms with Gasteiger partial charge in [-0.15, -0.1) is 0 Å². The molecule has 24 heavy (non-hydrogen) atoms. The second kappa shape index (κ2) is 7.29. The third kappa shape index (κ3) is 3.64. The standard InChI is InChI=1S/C18H22N4O2/c1-2-21-13-22(16-11-7-6-10-15(16)21)12-17(23)20-18(24)19-14-8-4-3-5-9-14/h2,6-7,10-11,13-14H,1,3-5,8-9,12H2,(H-,19,20,23,24)/p+1. The highest BCUT2D eigenvalue weighted by Gasteiger charge is 2.20. The van der Waals surface area contributed by atoms with Gasteiger partial charge in [0.15, 0.2) is 17.6 Å². The highest BCUT2D eigenvalue weighted by Crippen LogP contribution is 2.17. The Kier molecular flexibility index (Phi) is 4.93. The number of para-hydroxylation sites is 2. The molecule has 2 aromatic rings. The maximum atomic E-state index is 12.2. The molecule has 0 radical (unpaired) electrons. The Morgan fingerprint density at radius 3 is 2.75 bits per heavy atom. The van der Waals surface area contributed by atoms with Gasteiger partial charge in [0.05, 0.1) is 6.20 Å². The number of benzene rings is 1. The van der Waals surface area contributed by atoms with Gasteiger partial charge in [0.25, 0.3) is 5.91 Å². The summed E-state index contributed by atoms with van der Waals surface area (Å²) < 4.78 is 3.66. The summed E-state index contributed by atoms with van der Waals surface area (Å²) in [6.45, 7) is 3.85. The lowest BCUT2D eigenvalue weighted by molar-refractivity contribution is -0.658. The second-order valence-corrected chi connectivity index (χ2v) is 6.18. The molecule has 0 atom stereocenters. The number of amides is 3. The van der Waals surface area contributed by atoms with Crippen molar-refractivity contribution in [2.24, 2.45) is 0 Å². The zero-order valence-electron chi connectivity index (χ0n) is 13.7. The summed E-state index contributed by atoms with van der Waals surface area (Å²) in [6.07, 6.45) is 8.96. The molecule has 1 aliphatic carbocycles. The van der Waals surface area contributed by atoms with E-state index < -0.39 is 6.03 Å². The summed E-state index contributed by atoms with van der Waals surface area (Å²) in [5, 5.41) is 5.31. The van der Waals surface area contributed by atoms with Crippen LogP contribution in [0, 0.1) is 0 Å². The Morgan fingerprint density at radius 2 is 2.00 bits per heavy atom. The molecule has 1 fully saturated rings. The van der Waals surface area contributed by atoms with Gasteiger partial charge >= 0.3 is 6.03 Å². The Hall–Kier alpha value is -2.63. The van der Waals surface area contributed by atoms with E-state index in [1.807, 2.05) is 28.8 Å². The number of nitrogens with one attached hydrogen (secondary N) is 2. The van der Waals surface area contributed by atoms with Gasteiger partial charge in [0, 0.05) is 6.04 Å². The van der Waals surface area contributed by atoms with Gasteiger partial charge < -0.3 is 5.32 Å². The maximum Gasteiger partial charge on any atom is 0.321 e. The van der Waals surface area contributed by atoms with E-state index in [-0.39, 0.29) is 18.5 Å². The Morgan fingerprint density at radius 1 is 1.25 bits per heavy atom. The Bertz CT molecular complexity index is 759. The average molecular weight is 327 g/mol. The molecule has 6 nitrogen and oxygen atoms in total. The lowest BCUT2D eigenvalue weighted by Gasteiger charge is -2.22. The fraction of sp³-hybridized carbons (Fsp3) is 0.389. The summed E-state index contributed by atoms with van der Waals surface area (Å²) in [5.41, 5.74) is 1.88. The normalized spacial score (nSPS) is 15.2. The molecule has 0 spiro atoms. The zero-order valence-corrected chi connectivity index (χ0v) is 13.7.